The van der Waals surface area contributed by atoms with E-state index in [4.69, 9.17) is 5.11 Å². The summed E-state index contributed by atoms with van der Waals surface area (Å²) in [6, 6.07) is -0.546. The summed E-state index contributed by atoms with van der Waals surface area (Å²) in [5.74, 6) is -0.962. The number of nitrogens with zero attached hydrogens (tertiary/aromatic N) is 2. The minimum Gasteiger partial charge on any atom is -0.480 e. The van der Waals surface area contributed by atoms with Crippen LogP contribution in [0.25, 0.3) is 0 Å². The summed E-state index contributed by atoms with van der Waals surface area (Å²) in [5, 5.41) is 14.4. The number of carboxylic acid groups (broad SMARTS) is 1. The summed E-state index contributed by atoms with van der Waals surface area (Å²) in [6.45, 7) is 2.45. The van der Waals surface area contributed by atoms with Gasteiger partial charge in [-0.1, -0.05) is 0 Å². The molecular formula is C12H18N4O3. The van der Waals surface area contributed by atoms with Crippen LogP contribution in [-0.4, -0.2) is 38.2 Å². The molecular weight excluding hydrogens is 248 g/mol. The van der Waals surface area contributed by atoms with E-state index in [0.29, 0.717) is 19.4 Å². The predicted octanol–water partition coefficient (Wildman–Crippen LogP) is 0.578. The molecule has 0 aliphatic heterocycles. The first-order valence-electron chi connectivity index (χ1n) is 6.30. The zero-order valence-corrected chi connectivity index (χ0v) is 10.8. The molecule has 0 radical (unpaired) electrons. The topological polar surface area (TPSA) is 96.3 Å². The van der Waals surface area contributed by atoms with Crippen molar-refractivity contribution in [3.63, 3.8) is 0 Å². The van der Waals surface area contributed by atoms with Crippen molar-refractivity contribution in [3.8, 4) is 0 Å². The van der Waals surface area contributed by atoms with E-state index in [-0.39, 0.29) is 6.04 Å². The Morgan fingerprint density at radius 1 is 1.53 bits per heavy atom. The number of aliphatic carboxylic acids is 1. The van der Waals surface area contributed by atoms with E-state index in [0.717, 1.165) is 6.42 Å². The van der Waals surface area contributed by atoms with Crippen LogP contribution in [0.2, 0.25) is 0 Å². The van der Waals surface area contributed by atoms with Crippen LogP contribution >= 0.6 is 0 Å². The van der Waals surface area contributed by atoms with Crippen molar-refractivity contribution in [2.45, 2.75) is 44.3 Å². The molecule has 1 aromatic heterocycles. The van der Waals surface area contributed by atoms with Gasteiger partial charge in [0.2, 0.25) is 0 Å². The molecule has 1 saturated carbocycles. The lowest BCUT2D eigenvalue weighted by Gasteiger charge is -2.38. The van der Waals surface area contributed by atoms with E-state index < -0.39 is 17.5 Å². The van der Waals surface area contributed by atoms with Crippen LogP contribution in [0.1, 0.15) is 26.2 Å². The van der Waals surface area contributed by atoms with Crippen LogP contribution in [0.15, 0.2) is 18.7 Å². The second kappa shape index (κ2) is 5.29. The van der Waals surface area contributed by atoms with E-state index in [1.54, 1.807) is 18.7 Å². The van der Waals surface area contributed by atoms with E-state index in [1.165, 1.54) is 0 Å². The first-order chi connectivity index (χ1) is 9.02. The highest BCUT2D eigenvalue weighted by Crippen LogP contribution is 2.31. The molecule has 1 unspecified atom stereocenters. The molecule has 2 amide bonds. The van der Waals surface area contributed by atoms with Crippen molar-refractivity contribution in [1.29, 1.82) is 0 Å². The third-order valence-corrected chi connectivity index (χ3v) is 3.39. The zero-order valence-electron chi connectivity index (χ0n) is 10.8. The standard InChI is InChI=1S/C12H18N4O3/c1-9(7-16-6-5-13-8-16)14-11(19)15-12(10(17)18)3-2-4-12/h5-6,8-9H,2-4,7H2,1H3,(H,17,18)(H2,14,15,19). The molecule has 0 aromatic carbocycles. The maximum absolute atomic E-state index is 11.8. The highest BCUT2D eigenvalue weighted by Gasteiger charge is 2.45. The smallest absolute Gasteiger partial charge is 0.329 e. The number of carbonyl (C=O) groups is 2. The normalized spacial score (nSPS) is 18.2. The van der Waals surface area contributed by atoms with Gasteiger partial charge in [0.15, 0.2) is 0 Å². The Bertz CT molecular complexity index is 454. The average molecular weight is 266 g/mol. The van der Waals surface area contributed by atoms with Gasteiger partial charge in [-0.05, 0) is 26.2 Å². The summed E-state index contributed by atoms with van der Waals surface area (Å²) in [5.41, 5.74) is -1.07. The molecule has 0 spiro atoms. The molecule has 1 aliphatic rings. The number of nitrogens with one attached hydrogen (secondary N) is 2. The fraction of sp³-hybridized carbons (Fsp3) is 0.583. The van der Waals surface area contributed by atoms with Gasteiger partial charge in [-0.3, -0.25) is 0 Å². The number of carboxylic acids is 1. The van der Waals surface area contributed by atoms with E-state index in [1.807, 2.05) is 11.5 Å². The van der Waals surface area contributed by atoms with Gasteiger partial charge in [0.1, 0.15) is 5.54 Å². The second-order valence-electron chi connectivity index (χ2n) is 5.00. The Hall–Kier alpha value is -2.05. The van der Waals surface area contributed by atoms with Crippen LogP contribution in [-0.2, 0) is 11.3 Å². The van der Waals surface area contributed by atoms with Crippen molar-refractivity contribution >= 4 is 12.0 Å². The summed E-state index contributed by atoms with van der Waals surface area (Å²) in [4.78, 5) is 26.8. The Morgan fingerprint density at radius 3 is 2.74 bits per heavy atom. The van der Waals surface area contributed by atoms with Gasteiger partial charge in [0, 0.05) is 25.0 Å². The fourth-order valence-corrected chi connectivity index (χ4v) is 2.16. The number of amides is 2. The summed E-state index contributed by atoms with van der Waals surface area (Å²) in [6.07, 6.45) is 6.95. The average Bonchev–Trinajstić information content (AvgIpc) is 2.75. The van der Waals surface area contributed by atoms with Crippen LogP contribution < -0.4 is 10.6 Å². The Kier molecular flexibility index (Phi) is 3.73. The molecule has 0 bridgehead atoms. The van der Waals surface area contributed by atoms with Crippen LogP contribution in [0.4, 0.5) is 4.79 Å². The maximum Gasteiger partial charge on any atom is 0.329 e. The minimum atomic E-state index is -1.07. The van der Waals surface area contributed by atoms with Crippen molar-refractivity contribution in [1.82, 2.24) is 20.2 Å². The molecule has 1 fully saturated rings. The van der Waals surface area contributed by atoms with Crippen molar-refractivity contribution in [2.75, 3.05) is 0 Å². The van der Waals surface area contributed by atoms with E-state index >= 15 is 0 Å². The van der Waals surface area contributed by atoms with Gasteiger partial charge < -0.3 is 20.3 Å². The molecule has 3 N–H and O–H groups in total. The van der Waals surface area contributed by atoms with Gasteiger partial charge >= 0.3 is 12.0 Å². The van der Waals surface area contributed by atoms with Crippen molar-refractivity contribution in [2.24, 2.45) is 0 Å². The molecule has 0 saturated heterocycles. The molecule has 1 aliphatic carbocycles. The first-order valence-corrected chi connectivity index (χ1v) is 6.30. The number of aromatic nitrogens is 2. The van der Waals surface area contributed by atoms with Crippen LogP contribution in [0.5, 0.6) is 0 Å². The number of hydrogen-bond acceptors (Lipinski definition) is 3. The highest BCUT2D eigenvalue weighted by atomic mass is 16.4. The molecule has 1 heterocycles. The van der Waals surface area contributed by atoms with Gasteiger partial charge in [0.05, 0.1) is 6.33 Å². The second-order valence-corrected chi connectivity index (χ2v) is 5.00. The SMILES string of the molecule is CC(Cn1ccnc1)NC(=O)NC1(C(=O)O)CCC1. The summed E-state index contributed by atoms with van der Waals surface area (Å²) < 4.78 is 1.85. The third-order valence-electron chi connectivity index (χ3n) is 3.39. The molecule has 104 valence electrons. The molecule has 1 atom stereocenters. The summed E-state index contributed by atoms with van der Waals surface area (Å²) >= 11 is 0. The molecule has 1 aromatic rings. The van der Waals surface area contributed by atoms with Gasteiger partial charge in [0.25, 0.3) is 0 Å². The largest absolute Gasteiger partial charge is 0.480 e. The van der Waals surface area contributed by atoms with Gasteiger partial charge in [-0.15, -0.1) is 0 Å². The van der Waals surface area contributed by atoms with Gasteiger partial charge in [-0.25, -0.2) is 14.6 Å². The Balaban J connectivity index is 1.82. The van der Waals surface area contributed by atoms with E-state index in [9.17, 15) is 9.59 Å². The van der Waals surface area contributed by atoms with Gasteiger partial charge in [-0.2, -0.15) is 0 Å². The number of hydrogen-bond donors (Lipinski definition) is 3. The quantitative estimate of drug-likeness (QED) is 0.726. The molecule has 7 nitrogen and oxygen atoms in total. The lowest BCUT2D eigenvalue weighted by atomic mass is 9.77. The minimum absolute atomic E-state index is 0.111. The molecule has 19 heavy (non-hydrogen) atoms. The Morgan fingerprint density at radius 2 is 2.26 bits per heavy atom. The number of carbonyl (C=O) groups excluding carboxylic acids is 1. The lowest BCUT2D eigenvalue weighted by molar-refractivity contribution is -0.148. The van der Waals surface area contributed by atoms with Crippen molar-refractivity contribution in [3.05, 3.63) is 18.7 Å². The highest BCUT2D eigenvalue weighted by molar-refractivity contribution is 5.87. The molecule has 7 heteroatoms. The van der Waals surface area contributed by atoms with Crippen molar-refractivity contribution < 1.29 is 14.7 Å². The molecule has 2 rings (SSSR count). The maximum atomic E-state index is 11.8. The summed E-state index contributed by atoms with van der Waals surface area (Å²) in [7, 11) is 0. The van der Waals surface area contributed by atoms with Crippen LogP contribution in [0.3, 0.4) is 0 Å². The number of imidazole rings is 1. The number of urea groups is 1. The Labute approximate surface area is 111 Å². The lowest BCUT2D eigenvalue weighted by Crippen LogP contribution is -2.62. The van der Waals surface area contributed by atoms with E-state index in [2.05, 4.69) is 15.6 Å². The fourth-order valence-electron chi connectivity index (χ4n) is 2.16. The predicted molar refractivity (Wildman–Crippen MR) is 67.6 cm³/mol. The monoisotopic (exact) mass is 266 g/mol. The number of rotatable bonds is 5. The third kappa shape index (κ3) is 3.04. The zero-order chi connectivity index (χ0) is 13.9. The van der Waals surface area contributed by atoms with Crippen LogP contribution in [0, 0.1) is 0 Å². The first kappa shape index (κ1) is 13.4.